The number of halogens is 1. The number of amides is 2. The predicted octanol–water partition coefficient (Wildman–Crippen LogP) is 2.19. The van der Waals surface area contributed by atoms with Crippen molar-refractivity contribution in [3.05, 3.63) is 47.3 Å². The summed E-state index contributed by atoms with van der Waals surface area (Å²) in [5, 5.41) is 2.53. The second kappa shape index (κ2) is 9.29. The van der Waals surface area contributed by atoms with Crippen molar-refractivity contribution in [1.82, 2.24) is 25.3 Å². The van der Waals surface area contributed by atoms with Gasteiger partial charge in [0.2, 0.25) is 5.95 Å². The molecular weight excluding hydrogens is 413 g/mol. The van der Waals surface area contributed by atoms with Crippen LogP contribution >= 0.6 is 0 Å². The van der Waals surface area contributed by atoms with Crippen LogP contribution in [0.4, 0.5) is 10.3 Å². The van der Waals surface area contributed by atoms with Crippen molar-refractivity contribution in [3.63, 3.8) is 0 Å². The van der Waals surface area contributed by atoms with Gasteiger partial charge in [-0.05, 0) is 50.2 Å². The SMILES string of the molecule is CNC(=O)c1cnc(CCC2CCCN(c3nc4c(C(N)=O)cc(F)cc4[nH]3)CC2)cn1. The van der Waals surface area contributed by atoms with Gasteiger partial charge in [-0.2, -0.15) is 0 Å². The summed E-state index contributed by atoms with van der Waals surface area (Å²) in [6.45, 7) is 1.63. The summed E-state index contributed by atoms with van der Waals surface area (Å²) in [7, 11) is 1.56. The lowest BCUT2D eigenvalue weighted by molar-refractivity contribution is 0.0956. The molecule has 168 valence electrons. The van der Waals surface area contributed by atoms with Crippen LogP contribution in [-0.2, 0) is 6.42 Å². The molecule has 1 fully saturated rings. The third-order valence-corrected chi connectivity index (χ3v) is 5.93. The van der Waals surface area contributed by atoms with Gasteiger partial charge in [0, 0.05) is 26.3 Å². The highest BCUT2D eigenvalue weighted by atomic mass is 19.1. The van der Waals surface area contributed by atoms with E-state index in [9.17, 15) is 14.0 Å². The van der Waals surface area contributed by atoms with Crippen LogP contribution in [0, 0.1) is 11.7 Å². The van der Waals surface area contributed by atoms with Crippen LogP contribution in [0.5, 0.6) is 0 Å². The minimum atomic E-state index is -0.699. The summed E-state index contributed by atoms with van der Waals surface area (Å²) in [5.74, 6) is -0.309. The molecule has 1 aromatic carbocycles. The second-order valence-corrected chi connectivity index (χ2v) is 8.07. The van der Waals surface area contributed by atoms with Crippen LogP contribution in [0.15, 0.2) is 24.5 Å². The van der Waals surface area contributed by atoms with Gasteiger partial charge in [-0.3, -0.25) is 14.6 Å². The van der Waals surface area contributed by atoms with Crippen molar-refractivity contribution in [1.29, 1.82) is 0 Å². The molecule has 9 nitrogen and oxygen atoms in total. The van der Waals surface area contributed by atoms with E-state index >= 15 is 0 Å². The summed E-state index contributed by atoms with van der Waals surface area (Å²) in [4.78, 5) is 41.6. The molecular formula is C22H26FN7O2. The maximum atomic E-state index is 13.8. The lowest BCUT2D eigenvalue weighted by Crippen LogP contribution is -2.25. The van der Waals surface area contributed by atoms with Crippen LogP contribution in [-0.4, -0.2) is 51.9 Å². The number of fused-ring (bicyclic) bond motifs is 1. The molecule has 0 saturated carbocycles. The van der Waals surface area contributed by atoms with E-state index in [1.165, 1.54) is 12.3 Å². The smallest absolute Gasteiger partial charge is 0.271 e. The summed E-state index contributed by atoms with van der Waals surface area (Å²) in [5.41, 5.74) is 7.52. The number of primary amides is 1. The Bertz CT molecular complexity index is 1130. The number of aromatic amines is 1. The van der Waals surface area contributed by atoms with Gasteiger partial charge in [0.1, 0.15) is 17.0 Å². The highest BCUT2D eigenvalue weighted by molar-refractivity contribution is 6.04. The monoisotopic (exact) mass is 439 g/mol. The normalized spacial score (nSPS) is 16.7. The molecule has 3 aromatic rings. The Morgan fingerprint density at radius 1 is 1.25 bits per heavy atom. The van der Waals surface area contributed by atoms with Crippen LogP contribution in [0.25, 0.3) is 11.0 Å². The number of hydrogen-bond acceptors (Lipinski definition) is 6. The number of imidazole rings is 1. The Morgan fingerprint density at radius 2 is 2.09 bits per heavy atom. The summed E-state index contributed by atoms with van der Waals surface area (Å²) in [6.07, 6.45) is 8.03. The van der Waals surface area contributed by atoms with Gasteiger partial charge in [0.05, 0.1) is 23.0 Å². The average Bonchev–Trinajstić information content (AvgIpc) is 3.06. The number of H-pyrrole nitrogens is 1. The fourth-order valence-corrected chi connectivity index (χ4v) is 4.15. The first-order chi connectivity index (χ1) is 15.4. The van der Waals surface area contributed by atoms with Crippen LogP contribution in [0.2, 0.25) is 0 Å². The molecule has 3 heterocycles. The first-order valence-electron chi connectivity index (χ1n) is 10.7. The van der Waals surface area contributed by atoms with Gasteiger partial charge >= 0.3 is 0 Å². The zero-order chi connectivity index (χ0) is 22.7. The van der Waals surface area contributed by atoms with E-state index in [2.05, 4.69) is 30.2 Å². The number of anilines is 1. The standard InChI is InChI=1S/C22H26FN7O2/c1-25-21(32)18-12-26-15(11-27-18)5-4-13-3-2-7-30(8-6-13)22-28-17-10-14(23)9-16(20(24)31)19(17)29-22/h9-13H,2-8H2,1H3,(H2,24,31)(H,25,32)(H,28,29). The van der Waals surface area contributed by atoms with Crippen molar-refractivity contribution in [2.24, 2.45) is 11.7 Å². The third-order valence-electron chi connectivity index (χ3n) is 5.93. The van der Waals surface area contributed by atoms with Crippen molar-refractivity contribution >= 4 is 28.8 Å². The number of hydrogen-bond donors (Lipinski definition) is 3. The van der Waals surface area contributed by atoms with E-state index in [4.69, 9.17) is 5.73 Å². The van der Waals surface area contributed by atoms with E-state index in [0.29, 0.717) is 28.6 Å². The van der Waals surface area contributed by atoms with Crippen molar-refractivity contribution in [2.45, 2.75) is 32.1 Å². The Kier molecular flexibility index (Phi) is 6.29. The summed E-state index contributed by atoms with van der Waals surface area (Å²) < 4.78 is 13.8. The number of aromatic nitrogens is 4. The Morgan fingerprint density at radius 3 is 2.81 bits per heavy atom. The number of carbonyl (C=O) groups excluding carboxylic acids is 2. The largest absolute Gasteiger partial charge is 0.366 e. The molecule has 0 bridgehead atoms. The van der Waals surface area contributed by atoms with E-state index in [1.807, 2.05) is 0 Å². The molecule has 10 heteroatoms. The number of nitrogens with zero attached hydrogens (tertiary/aromatic N) is 4. The maximum Gasteiger partial charge on any atom is 0.271 e. The topological polar surface area (TPSA) is 130 Å². The minimum Gasteiger partial charge on any atom is -0.366 e. The van der Waals surface area contributed by atoms with Gasteiger partial charge in [0.25, 0.3) is 11.8 Å². The van der Waals surface area contributed by atoms with Gasteiger partial charge in [0.15, 0.2) is 0 Å². The number of aryl methyl sites for hydroxylation is 1. The molecule has 0 aliphatic carbocycles. The molecule has 4 rings (SSSR count). The van der Waals surface area contributed by atoms with Crippen LogP contribution < -0.4 is 16.0 Å². The zero-order valence-electron chi connectivity index (χ0n) is 17.9. The molecule has 1 aliphatic rings. The first-order valence-corrected chi connectivity index (χ1v) is 10.7. The quantitative estimate of drug-likeness (QED) is 0.540. The summed E-state index contributed by atoms with van der Waals surface area (Å²) >= 11 is 0. The maximum absolute atomic E-state index is 13.8. The molecule has 0 radical (unpaired) electrons. The van der Waals surface area contributed by atoms with E-state index in [0.717, 1.165) is 57.0 Å². The molecule has 2 aromatic heterocycles. The first kappa shape index (κ1) is 21.7. The van der Waals surface area contributed by atoms with Crippen molar-refractivity contribution < 1.29 is 14.0 Å². The lowest BCUT2D eigenvalue weighted by atomic mass is 9.94. The lowest BCUT2D eigenvalue weighted by Gasteiger charge is -2.19. The van der Waals surface area contributed by atoms with Gasteiger partial charge in [-0.15, -0.1) is 0 Å². The van der Waals surface area contributed by atoms with Crippen molar-refractivity contribution in [2.75, 3.05) is 25.0 Å². The fourth-order valence-electron chi connectivity index (χ4n) is 4.15. The van der Waals surface area contributed by atoms with Crippen molar-refractivity contribution in [3.8, 4) is 0 Å². The van der Waals surface area contributed by atoms with E-state index in [1.54, 1.807) is 13.2 Å². The van der Waals surface area contributed by atoms with Gasteiger partial charge in [-0.1, -0.05) is 0 Å². The Hall–Kier alpha value is -3.56. The number of benzene rings is 1. The van der Waals surface area contributed by atoms with Crippen LogP contribution in [0.3, 0.4) is 0 Å². The molecule has 1 atom stereocenters. The number of nitrogens with one attached hydrogen (secondary N) is 2. The molecule has 2 amide bonds. The highest BCUT2D eigenvalue weighted by Gasteiger charge is 2.21. The Balaban J connectivity index is 1.38. The molecule has 0 spiro atoms. The van der Waals surface area contributed by atoms with E-state index in [-0.39, 0.29) is 11.5 Å². The Labute approximate surface area is 184 Å². The highest BCUT2D eigenvalue weighted by Crippen LogP contribution is 2.27. The second-order valence-electron chi connectivity index (χ2n) is 8.07. The molecule has 32 heavy (non-hydrogen) atoms. The summed E-state index contributed by atoms with van der Waals surface area (Å²) in [6, 6.07) is 2.45. The number of nitrogens with two attached hydrogens (primary N) is 1. The predicted molar refractivity (Wildman–Crippen MR) is 118 cm³/mol. The van der Waals surface area contributed by atoms with Crippen LogP contribution in [0.1, 0.15) is 52.2 Å². The van der Waals surface area contributed by atoms with Gasteiger partial charge < -0.3 is 20.9 Å². The molecule has 1 unspecified atom stereocenters. The van der Waals surface area contributed by atoms with E-state index < -0.39 is 11.7 Å². The average molecular weight is 439 g/mol. The zero-order valence-corrected chi connectivity index (χ0v) is 17.9. The number of rotatable bonds is 6. The molecule has 1 saturated heterocycles. The molecule has 1 aliphatic heterocycles. The van der Waals surface area contributed by atoms with Gasteiger partial charge in [-0.25, -0.2) is 14.4 Å². The minimum absolute atomic E-state index is 0.0822. The fraction of sp³-hybridized carbons (Fsp3) is 0.409. The number of carbonyl (C=O) groups is 2. The third kappa shape index (κ3) is 4.68. The molecule has 4 N–H and O–H groups in total.